The Balaban J connectivity index is 1.70. The Labute approximate surface area is 131 Å². The van der Waals surface area contributed by atoms with Gasteiger partial charge in [0, 0.05) is 38.0 Å². The molecule has 1 heterocycles. The van der Waals surface area contributed by atoms with Crippen molar-refractivity contribution in [3.63, 3.8) is 0 Å². The lowest BCUT2D eigenvalue weighted by atomic mass is 10.1. The average Bonchev–Trinajstić information content (AvgIpc) is 2.98. The van der Waals surface area contributed by atoms with E-state index in [4.69, 9.17) is 0 Å². The van der Waals surface area contributed by atoms with Gasteiger partial charge in [-0.2, -0.15) is 0 Å². The van der Waals surface area contributed by atoms with Crippen LogP contribution in [0.2, 0.25) is 0 Å². The van der Waals surface area contributed by atoms with Crippen LogP contribution < -0.4 is 5.32 Å². The first-order chi connectivity index (χ1) is 10.7. The predicted octanol–water partition coefficient (Wildman–Crippen LogP) is 2.97. The monoisotopic (exact) mass is 297 g/mol. The maximum atomic E-state index is 11.8. The Bertz CT molecular complexity index is 626. The molecule has 4 heteroatoms. The molecule has 4 nitrogen and oxygen atoms in total. The molecule has 1 N–H and O–H groups in total. The van der Waals surface area contributed by atoms with Gasteiger partial charge in [-0.15, -0.1) is 0 Å². The van der Waals surface area contributed by atoms with E-state index in [-0.39, 0.29) is 5.91 Å². The Morgan fingerprint density at radius 3 is 2.82 bits per heavy atom. The van der Waals surface area contributed by atoms with E-state index >= 15 is 0 Å². The third-order valence-corrected chi connectivity index (χ3v) is 3.50. The Hall–Kier alpha value is -2.36. The van der Waals surface area contributed by atoms with Crippen molar-refractivity contribution in [3.8, 4) is 0 Å². The predicted molar refractivity (Wildman–Crippen MR) is 89.4 cm³/mol. The number of nitrogens with zero attached hydrogens (tertiary/aromatic N) is 2. The number of amides is 1. The maximum Gasteiger partial charge on any atom is 0.244 e. The highest BCUT2D eigenvalue weighted by Gasteiger charge is 2.00. The van der Waals surface area contributed by atoms with Gasteiger partial charge in [0.25, 0.3) is 0 Å². The molecule has 1 aromatic carbocycles. The number of aromatic nitrogens is 2. The van der Waals surface area contributed by atoms with Crippen molar-refractivity contribution in [3.05, 3.63) is 59.7 Å². The van der Waals surface area contributed by atoms with Crippen LogP contribution in [0.5, 0.6) is 0 Å². The summed E-state index contributed by atoms with van der Waals surface area (Å²) in [5.41, 5.74) is 2.25. The Kier molecular flexibility index (Phi) is 5.95. The van der Waals surface area contributed by atoms with Crippen LogP contribution in [0, 0.1) is 6.92 Å². The summed E-state index contributed by atoms with van der Waals surface area (Å²) < 4.78 is 2.13. The van der Waals surface area contributed by atoms with Crippen LogP contribution in [-0.2, 0) is 17.8 Å². The third-order valence-electron chi connectivity index (χ3n) is 3.50. The summed E-state index contributed by atoms with van der Waals surface area (Å²) in [4.78, 5) is 16.0. The summed E-state index contributed by atoms with van der Waals surface area (Å²) in [6.07, 6.45) is 9.05. The van der Waals surface area contributed by atoms with E-state index in [1.54, 1.807) is 6.08 Å². The maximum absolute atomic E-state index is 11.8. The first-order valence-electron chi connectivity index (χ1n) is 7.71. The molecule has 0 unspecified atom stereocenters. The van der Waals surface area contributed by atoms with Crippen LogP contribution in [0.1, 0.15) is 30.3 Å². The molecule has 116 valence electrons. The zero-order valence-electron chi connectivity index (χ0n) is 13.2. The number of imidazole rings is 1. The number of hydrogen-bond acceptors (Lipinski definition) is 2. The van der Waals surface area contributed by atoms with E-state index in [9.17, 15) is 4.79 Å². The highest BCUT2D eigenvalue weighted by atomic mass is 16.1. The van der Waals surface area contributed by atoms with E-state index in [0.29, 0.717) is 6.54 Å². The minimum Gasteiger partial charge on any atom is -0.352 e. The molecule has 0 saturated carbocycles. The summed E-state index contributed by atoms with van der Waals surface area (Å²) in [6.45, 7) is 5.68. The Morgan fingerprint density at radius 1 is 1.32 bits per heavy atom. The van der Waals surface area contributed by atoms with Crippen molar-refractivity contribution in [2.75, 3.05) is 6.54 Å². The van der Waals surface area contributed by atoms with Gasteiger partial charge in [0.1, 0.15) is 5.82 Å². The molecule has 22 heavy (non-hydrogen) atoms. The van der Waals surface area contributed by atoms with Crippen LogP contribution in [-0.4, -0.2) is 22.0 Å². The number of carbonyl (C=O) groups excluding carboxylic acids is 1. The number of rotatable bonds is 7. The molecule has 0 fully saturated rings. The van der Waals surface area contributed by atoms with Gasteiger partial charge in [0.05, 0.1) is 0 Å². The Morgan fingerprint density at radius 2 is 2.09 bits per heavy atom. The second-order valence-electron chi connectivity index (χ2n) is 5.28. The average molecular weight is 297 g/mol. The fraction of sp³-hybridized carbons (Fsp3) is 0.333. The molecule has 0 aliphatic rings. The molecular formula is C18H23N3O. The third kappa shape index (κ3) is 4.88. The van der Waals surface area contributed by atoms with Crippen LogP contribution in [0.15, 0.2) is 42.7 Å². The zero-order chi connectivity index (χ0) is 15.8. The van der Waals surface area contributed by atoms with Crippen molar-refractivity contribution >= 4 is 12.0 Å². The van der Waals surface area contributed by atoms with Crippen molar-refractivity contribution in [1.82, 2.24) is 14.9 Å². The first-order valence-corrected chi connectivity index (χ1v) is 7.71. The van der Waals surface area contributed by atoms with Crippen molar-refractivity contribution in [2.45, 2.75) is 33.2 Å². The number of nitrogens with one attached hydrogen (secondary N) is 1. The normalized spacial score (nSPS) is 11.0. The summed E-state index contributed by atoms with van der Waals surface area (Å²) in [5, 5.41) is 2.90. The highest BCUT2D eigenvalue weighted by Crippen LogP contribution is 2.04. The lowest BCUT2D eigenvalue weighted by molar-refractivity contribution is -0.116. The topological polar surface area (TPSA) is 46.9 Å². The zero-order valence-corrected chi connectivity index (χ0v) is 13.2. The number of hydrogen-bond donors (Lipinski definition) is 1. The summed E-state index contributed by atoms with van der Waals surface area (Å²) in [5.74, 6) is 1.03. The molecule has 0 aliphatic heterocycles. The van der Waals surface area contributed by atoms with Crippen LogP contribution >= 0.6 is 0 Å². The largest absolute Gasteiger partial charge is 0.352 e. The molecule has 0 atom stereocenters. The molecule has 1 aromatic heterocycles. The molecule has 0 saturated heterocycles. The second kappa shape index (κ2) is 8.17. The van der Waals surface area contributed by atoms with E-state index in [2.05, 4.69) is 21.8 Å². The fourth-order valence-electron chi connectivity index (χ4n) is 2.23. The van der Waals surface area contributed by atoms with E-state index in [1.165, 1.54) is 5.56 Å². The molecule has 0 radical (unpaired) electrons. The molecular weight excluding hydrogens is 274 g/mol. The minimum absolute atomic E-state index is 0.0538. The van der Waals surface area contributed by atoms with Gasteiger partial charge in [-0.1, -0.05) is 36.8 Å². The van der Waals surface area contributed by atoms with Crippen LogP contribution in [0.4, 0.5) is 0 Å². The van der Waals surface area contributed by atoms with E-state index in [0.717, 1.165) is 30.8 Å². The first kappa shape index (κ1) is 16.0. The summed E-state index contributed by atoms with van der Waals surface area (Å²) in [7, 11) is 0. The van der Waals surface area contributed by atoms with Gasteiger partial charge in [0.2, 0.25) is 5.91 Å². The molecule has 1 amide bonds. The standard InChI is InChI=1S/C18H23N3O/c1-3-17-19-12-14-21(17)13-4-11-20-18(22)10-9-16-7-5-15(2)6-8-16/h5-10,12,14H,3-4,11,13H2,1-2H3,(H,20,22)/b10-9+. The van der Waals surface area contributed by atoms with Crippen molar-refractivity contribution in [2.24, 2.45) is 0 Å². The number of benzene rings is 1. The van der Waals surface area contributed by atoms with Gasteiger partial charge in [-0.25, -0.2) is 4.98 Å². The molecule has 2 rings (SSSR count). The summed E-state index contributed by atoms with van der Waals surface area (Å²) >= 11 is 0. The number of aryl methyl sites for hydroxylation is 3. The highest BCUT2D eigenvalue weighted by molar-refractivity contribution is 5.91. The van der Waals surface area contributed by atoms with Gasteiger partial charge in [-0.05, 0) is 25.0 Å². The van der Waals surface area contributed by atoms with Crippen molar-refractivity contribution < 1.29 is 4.79 Å². The number of carbonyl (C=O) groups is 1. The molecule has 0 aliphatic carbocycles. The minimum atomic E-state index is -0.0538. The molecule has 0 bridgehead atoms. The summed E-state index contributed by atoms with van der Waals surface area (Å²) in [6, 6.07) is 8.08. The van der Waals surface area contributed by atoms with Crippen molar-refractivity contribution in [1.29, 1.82) is 0 Å². The lowest BCUT2D eigenvalue weighted by Crippen LogP contribution is -2.23. The van der Waals surface area contributed by atoms with Crippen LogP contribution in [0.25, 0.3) is 6.08 Å². The second-order valence-corrected chi connectivity index (χ2v) is 5.28. The van der Waals surface area contributed by atoms with Gasteiger partial charge in [-0.3, -0.25) is 4.79 Å². The fourth-order valence-corrected chi connectivity index (χ4v) is 2.23. The van der Waals surface area contributed by atoms with Gasteiger partial charge < -0.3 is 9.88 Å². The smallest absolute Gasteiger partial charge is 0.244 e. The van der Waals surface area contributed by atoms with Gasteiger partial charge in [0.15, 0.2) is 0 Å². The molecule has 0 spiro atoms. The van der Waals surface area contributed by atoms with E-state index in [1.807, 2.05) is 49.7 Å². The van der Waals surface area contributed by atoms with E-state index < -0.39 is 0 Å². The lowest BCUT2D eigenvalue weighted by Gasteiger charge is -2.06. The van der Waals surface area contributed by atoms with Gasteiger partial charge >= 0.3 is 0 Å². The quantitative estimate of drug-likeness (QED) is 0.631. The molecule has 2 aromatic rings. The SMILES string of the molecule is CCc1nccn1CCCNC(=O)/C=C/c1ccc(C)cc1. The van der Waals surface area contributed by atoms with Crippen LogP contribution in [0.3, 0.4) is 0 Å².